The van der Waals surface area contributed by atoms with E-state index in [1.807, 2.05) is 38.1 Å². The Morgan fingerprint density at radius 3 is 2.74 bits per heavy atom. The number of sulfonamides is 1. The van der Waals surface area contributed by atoms with Gasteiger partial charge in [0.1, 0.15) is 5.84 Å². The molecule has 1 aromatic rings. The Balaban J connectivity index is 1.64. The molecule has 0 bridgehead atoms. The van der Waals surface area contributed by atoms with Gasteiger partial charge >= 0.3 is 0 Å². The first kappa shape index (κ1) is 19.3. The van der Waals surface area contributed by atoms with Gasteiger partial charge in [-0.25, -0.2) is 8.42 Å². The molecular weight excluding hydrogens is 366 g/mol. The van der Waals surface area contributed by atoms with Gasteiger partial charge in [-0.2, -0.15) is 0 Å². The van der Waals surface area contributed by atoms with Crippen molar-refractivity contribution < 1.29 is 17.9 Å². The summed E-state index contributed by atoms with van der Waals surface area (Å²) in [4.78, 5) is 14.2. The number of hydrogen-bond donors (Lipinski definition) is 1. The Hall–Kier alpha value is -2.45. The van der Waals surface area contributed by atoms with Gasteiger partial charge in [-0.1, -0.05) is 24.3 Å². The molecule has 0 unspecified atom stereocenters. The Bertz CT molecular complexity index is 917. The van der Waals surface area contributed by atoms with Crippen molar-refractivity contribution in [1.29, 1.82) is 0 Å². The molecule has 2 heterocycles. The van der Waals surface area contributed by atoms with Gasteiger partial charge in [0.15, 0.2) is 0 Å². The summed E-state index contributed by atoms with van der Waals surface area (Å²) in [5, 5.41) is 2.91. The number of hydrogen-bond acceptors (Lipinski definition) is 5. The van der Waals surface area contributed by atoms with Crippen molar-refractivity contribution in [3.63, 3.8) is 0 Å². The molecule has 144 valence electrons. The third-order valence-electron chi connectivity index (χ3n) is 4.22. The van der Waals surface area contributed by atoms with E-state index in [0.29, 0.717) is 24.6 Å². The van der Waals surface area contributed by atoms with Crippen molar-refractivity contribution in [3.8, 4) is 0 Å². The summed E-state index contributed by atoms with van der Waals surface area (Å²) >= 11 is 0. The van der Waals surface area contributed by atoms with Gasteiger partial charge in [0.05, 0.1) is 24.0 Å². The van der Waals surface area contributed by atoms with E-state index < -0.39 is 10.0 Å². The second-order valence-electron chi connectivity index (χ2n) is 6.66. The number of amides is 1. The van der Waals surface area contributed by atoms with Crippen molar-refractivity contribution in [3.05, 3.63) is 59.3 Å². The van der Waals surface area contributed by atoms with Crippen LogP contribution in [0.2, 0.25) is 0 Å². The van der Waals surface area contributed by atoms with Crippen LogP contribution >= 0.6 is 0 Å². The van der Waals surface area contributed by atoms with E-state index in [1.165, 1.54) is 0 Å². The fourth-order valence-corrected chi connectivity index (χ4v) is 3.71. The molecule has 0 aliphatic carbocycles. The van der Waals surface area contributed by atoms with Crippen molar-refractivity contribution >= 4 is 21.8 Å². The fourth-order valence-electron chi connectivity index (χ4n) is 2.74. The van der Waals surface area contributed by atoms with Gasteiger partial charge in [0.25, 0.3) is 15.9 Å². The first-order chi connectivity index (χ1) is 12.8. The average molecular weight is 389 g/mol. The quantitative estimate of drug-likeness (QED) is 0.800. The van der Waals surface area contributed by atoms with Crippen LogP contribution in [-0.4, -0.2) is 43.5 Å². The molecule has 3 rings (SSSR count). The molecule has 2 aliphatic rings. The summed E-state index contributed by atoms with van der Waals surface area (Å²) in [6, 6.07) is 7.82. The summed E-state index contributed by atoms with van der Waals surface area (Å²) in [7, 11) is -3.40. The minimum absolute atomic E-state index is 0.0566. The van der Waals surface area contributed by atoms with Gasteiger partial charge in [0, 0.05) is 19.3 Å². The number of nitrogens with zero attached hydrogens (tertiary/aromatic N) is 2. The van der Waals surface area contributed by atoms with Crippen molar-refractivity contribution in [2.24, 2.45) is 4.40 Å². The zero-order valence-electron chi connectivity index (χ0n) is 15.4. The summed E-state index contributed by atoms with van der Waals surface area (Å²) in [6.45, 7) is 5.13. The zero-order chi connectivity index (χ0) is 19.4. The molecule has 7 nitrogen and oxygen atoms in total. The largest absolute Gasteiger partial charge is 0.374 e. The Kier molecular flexibility index (Phi) is 5.76. The predicted molar refractivity (Wildman–Crippen MR) is 103 cm³/mol. The van der Waals surface area contributed by atoms with Crippen LogP contribution in [0.4, 0.5) is 0 Å². The van der Waals surface area contributed by atoms with Gasteiger partial charge in [0.2, 0.25) is 0 Å². The highest BCUT2D eigenvalue weighted by Gasteiger charge is 2.24. The van der Waals surface area contributed by atoms with Crippen LogP contribution in [0.25, 0.3) is 0 Å². The van der Waals surface area contributed by atoms with Gasteiger partial charge in [-0.15, -0.1) is 4.40 Å². The minimum Gasteiger partial charge on any atom is -0.374 e. The first-order valence-corrected chi connectivity index (χ1v) is 10.4. The maximum Gasteiger partial charge on any atom is 0.256 e. The normalized spacial score (nSPS) is 18.0. The molecule has 0 spiro atoms. The fraction of sp³-hybridized carbons (Fsp3) is 0.368. The lowest BCUT2D eigenvalue weighted by Crippen LogP contribution is -2.38. The van der Waals surface area contributed by atoms with E-state index in [4.69, 9.17) is 4.74 Å². The number of nitrogens with one attached hydrogen (secondary N) is 1. The molecule has 0 saturated carbocycles. The second-order valence-corrected chi connectivity index (χ2v) is 8.41. The average Bonchev–Trinajstić information content (AvgIpc) is 2.64. The van der Waals surface area contributed by atoms with E-state index in [2.05, 4.69) is 9.71 Å². The molecule has 1 aromatic carbocycles. The molecule has 1 N–H and O–H groups in total. The lowest BCUT2D eigenvalue weighted by atomic mass is 10.1. The highest BCUT2D eigenvalue weighted by Crippen LogP contribution is 2.16. The monoisotopic (exact) mass is 389 g/mol. The van der Waals surface area contributed by atoms with Gasteiger partial charge in [-0.3, -0.25) is 4.79 Å². The molecule has 27 heavy (non-hydrogen) atoms. The molecule has 0 aromatic heterocycles. The first-order valence-electron chi connectivity index (χ1n) is 8.80. The lowest BCUT2D eigenvalue weighted by molar-refractivity contribution is -0.117. The number of carbonyl (C=O) groups excluding carboxylic acids is 1. The van der Waals surface area contributed by atoms with E-state index >= 15 is 0 Å². The third-order valence-corrected chi connectivity index (χ3v) is 5.38. The highest BCUT2D eigenvalue weighted by atomic mass is 32.2. The summed E-state index contributed by atoms with van der Waals surface area (Å²) in [5.41, 5.74) is 2.50. The molecule has 0 radical (unpaired) electrons. The molecule has 0 saturated heterocycles. The SMILES string of the molecule is CC(C)OCc1ccccc1CNC(=O)C1=CN2CCS(=O)(=O)N=C2C=C1. The Morgan fingerprint density at radius 1 is 1.26 bits per heavy atom. The molecule has 2 aliphatic heterocycles. The van der Waals surface area contributed by atoms with E-state index in [1.54, 1.807) is 23.3 Å². The topological polar surface area (TPSA) is 88.1 Å². The zero-order valence-corrected chi connectivity index (χ0v) is 16.2. The van der Waals surface area contributed by atoms with Crippen LogP contribution in [0, 0.1) is 0 Å². The number of fused-ring (bicyclic) bond motifs is 1. The van der Waals surface area contributed by atoms with E-state index in [0.717, 1.165) is 11.1 Å². The van der Waals surface area contributed by atoms with Crippen molar-refractivity contribution in [2.45, 2.75) is 33.1 Å². The lowest BCUT2D eigenvalue weighted by Gasteiger charge is -2.27. The molecule has 1 amide bonds. The Labute approximate surface area is 159 Å². The van der Waals surface area contributed by atoms with Crippen LogP contribution < -0.4 is 5.32 Å². The summed E-state index contributed by atoms with van der Waals surface area (Å²) in [6.07, 6.45) is 4.90. The maximum absolute atomic E-state index is 12.5. The molecule has 8 heteroatoms. The third kappa shape index (κ3) is 5.05. The van der Waals surface area contributed by atoms with E-state index in [-0.39, 0.29) is 24.3 Å². The Morgan fingerprint density at radius 2 is 2.00 bits per heavy atom. The van der Waals surface area contributed by atoms with Crippen LogP contribution in [0.15, 0.2) is 52.6 Å². The second kappa shape index (κ2) is 8.06. The standard InChI is InChI=1S/C19H23N3O4S/c1-14(2)26-13-17-6-4-3-5-15(17)11-20-19(23)16-7-8-18-21-27(24,25)10-9-22(18)12-16/h3-8,12,14H,9-11,13H2,1-2H3,(H,20,23). The van der Waals surface area contributed by atoms with Crippen LogP contribution in [-0.2, 0) is 32.7 Å². The molecular formula is C19H23N3O4S. The minimum atomic E-state index is -3.40. The maximum atomic E-state index is 12.5. The number of amidine groups is 1. The number of ether oxygens (including phenoxy) is 1. The van der Waals surface area contributed by atoms with Gasteiger partial charge in [-0.05, 0) is 37.1 Å². The van der Waals surface area contributed by atoms with Crippen LogP contribution in [0.5, 0.6) is 0 Å². The van der Waals surface area contributed by atoms with Crippen molar-refractivity contribution in [1.82, 2.24) is 10.2 Å². The molecule has 0 atom stereocenters. The summed E-state index contributed by atoms with van der Waals surface area (Å²) < 4.78 is 32.5. The number of rotatable bonds is 6. The number of carbonyl (C=O) groups is 1. The van der Waals surface area contributed by atoms with Crippen molar-refractivity contribution in [2.75, 3.05) is 12.3 Å². The van der Waals surface area contributed by atoms with Crippen LogP contribution in [0.1, 0.15) is 25.0 Å². The highest BCUT2D eigenvalue weighted by molar-refractivity contribution is 7.90. The summed E-state index contributed by atoms with van der Waals surface area (Å²) in [5.74, 6) is 0.0613. The molecule has 0 fully saturated rings. The van der Waals surface area contributed by atoms with Crippen LogP contribution in [0.3, 0.4) is 0 Å². The van der Waals surface area contributed by atoms with Gasteiger partial charge < -0.3 is 15.0 Å². The van der Waals surface area contributed by atoms with E-state index in [9.17, 15) is 13.2 Å². The predicted octanol–water partition coefficient (Wildman–Crippen LogP) is 1.73. The smallest absolute Gasteiger partial charge is 0.256 e. The number of benzene rings is 1.